The van der Waals surface area contributed by atoms with Crippen LogP contribution in [0, 0.1) is 6.92 Å². The first-order chi connectivity index (χ1) is 13.6. The van der Waals surface area contributed by atoms with Crippen LogP contribution in [-0.4, -0.2) is 27.0 Å². The van der Waals surface area contributed by atoms with Gasteiger partial charge < -0.3 is 15.4 Å². The van der Waals surface area contributed by atoms with Crippen molar-refractivity contribution in [2.45, 2.75) is 6.92 Å². The summed E-state index contributed by atoms with van der Waals surface area (Å²) in [5, 5.41) is 7.11. The number of fused-ring (bicyclic) bond motifs is 1. The van der Waals surface area contributed by atoms with Crippen LogP contribution in [0.15, 0.2) is 54.9 Å². The van der Waals surface area contributed by atoms with Crippen molar-refractivity contribution in [3.05, 3.63) is 65.4 Å². The molecular weight excluding hydrogens is 376 g/mol. The Morgan fingerprint density at radius 3 is 2.39 bits per heavy atom. The van der Waals surface area contributed by atoms with E-state index in [1.54, 1.807) is 19.5 Å². The van der Waals surface area contributed by atoms with Crippen LogP contribution < -0.4 is 15.4 Å². The van der Waals surface area contributed by atoms with Crippen molar-refractivity contribution < 1.29 is 4.74 Å². The summed E-state index contributed by atoms with van der Waals surface area (Å²) < 4.78 is 5.20. The van der Waals surface area contributed by atoms with E-state index in [-0.39, 0.29) is 0 Å². The maximum Gasteiger partial charge on any atom is 0.231 e. The van der Waals surface area contributed by atoms with Crippen molar-refractivity contribution in [2.75, 3.05) is 17.7 Å². The maximum absolute atomic E-state index is 6.21. The lowest BCUT2D eigenvalue weighted by Gasteiger charge is -2.11. The van der Waals surface area contributed by atoms with Gasteiger partial charge in [-0.15, -0.1) is 0 Å². The topological polar surface area (TPSA) is 84.9 Å². The predicted octanol–water partition coefficient (Wildman–Crippen LogP) is 4.88. The Kier molecular flexibility index (Phi) is 4.90. The van der Waals surface area contributed by atoms with Gasteiger partial charge in [-0.1, -0.05) is 17.7 Å². The highest BCUT2D eigenvalue weighted by molar-refractivity contribution is 6.31. The van der Waals surface area contributed by atoms with Gasteiger partial charge in [0, 0.05) is 28.8 Å². The number of halogens is 1. The summed E-state index contributed by atoms with van der Waals surface area (Å²) in [6.07, 6.45) is 3.21. The molecule has 0 saturated carbocycles. The molecule has 4 aromatic rings. The molecular formula is C20H17ClN6O. The van der Waals surface area contributed by atoms with Crippen LogP contribution in [0.2, 0.25) is 5.02 Å². The minimum Gasteiger partial charge on any atom is -0.497 e. The largest absolute Gasteiger partial charge is 0.497 e. The van der Waals surface area contributed by atoms with E-state index >= 15 is 0 Å². The third-order valence-electron chi connectivity index (χ3n) is 4.11. The van der Waals surface area contributed by atoms with Crippen molar-refractivity contribution in [3.63, 3.8) is 0 Å². The number of rotatable bonds is 5. The van der Waals surface area contributed by atoms with Crippen LogP contribution in [0.5, 0.6) is 5.75 Å². The summed E-state index contributed by atoms with van der Waals surface area (Å²) in [4.78, 5) is 17.7. The van der Waals surface area contributed by atoms with Crippen molar-refractivity contribution in [1.29, 1.82) is 0 Å². The van der Waals surface area contributed by atoms with Gasteiger partial charge in [-0.25, -0.2) is 9.97 Å². The van der Waals surface area contributed by atoms with Gasteiger partial charge >= 0.3 is 0 Å². The van der Waals surface area contributed by atoms with E-state index in [1.807, 2.05) is 49.4 Å². The SMILES string of the molecule is COc1ccc(Nc2nc(Nc3ccc(C)c(Cl)c3)nc3nccnc23)cc1. The minimum atomic E-state index is 0.393. The van der Waals surface area contributed by atoms with E-state index in [2.05, 4.69) is 30.6 Å². The molecule has 0 spiro atoms. The van der Waals surface area contributed by atoms with Gasteiger partial charge in [-0.05, 0) is 48.9 Å². The number of nitrogens with zero attached hydrogens (tertiary/aromatic N) is 4. The minimum absolute atomic E-state index is 0.393. The lowest BCUT2D eigenvalue weighted by atomic mass is 10.2. The summed E-state index contributed by atoms with van der Waals surface area (Å²) in [5.41, 5.74) is 3.68. The van der Waals surface area contributed by atoms with Crippen LogP contribution >= 0.6 is 11.6 Å². The Bertz CT molecular complexity index is 1130. The fourth-order valence-electron chi connectivity index (χ4n) is 2.62. The Morgan fingerprint density at radius 1 is 0.893 bits per heavy atom. The second-order valence-electron chi connectivity index (χ2n) is 6.07. The second-order valence-corrected chi connectivity index (χ2v) is 6.47. The standard InChI is InChI=1S/C20H17ClN6O/c1-12-3-4-14(11-16(12)21)25-20-26-18-17(22-9-10-23-18)19(27-20)24-13-5-7-15(28-2)8-6-13/h3-11H,1-2H3,(H2,23,24,25,26,27). The molecule has 4 rings (SSSR count). The molecule has 28 heavy (non-hydrogen) atoms. The van der Waals surface area contributed by atoms with Gasteiger partial charge in [0.25, 0.3) is 0 Å². The third-order valence-corrected chi connectivity index (χ3v) is 4.52. The molecule has 0 saturated heterocycles. The third kappa shape index (κ3) is 3.79. The summed E-state index contributed by atoms with van der Waals surface area (Å²) in [6, 6.07) is 13.2. The smallest absolute Gasteiger partial charge is 0.231 e. The molecule has 2 heterocycles. The predicted molar refractivity (Wildman–Crippen MR) is 111 cm³/mol. The van der Waals surface area contributed by atoms with Gasteiger partial charge in [0.15, 0.2) is 17.0 Å². The Morgan fingerprint density at radius 2 is 1.64 bits per heavy atom. The highest BCUT2D eigenvalue weighted by Gasteiger charge is 2.11. The summed E-state index contributed by atoms with van der Waals surface area (Å²) in [5.74, 6) is 1.71. The van der Waals surface area contributed by atoms with Crippen LogP contribution in [0.3, 0.4) is 0 Å². The van der Waals surface area contributed by atoms with Gasteiger partial charge in [0.2, 0.25) is 5.95 Å². The number of aromatic nitrogens is 4. The van der Waals surface area contributed by atoms with E-state index in [0.29, 0.717) is 28.0 Å². The van der Waals surface area contributed by atoms with E-state index in [1.165, 1.54) is 0 Å². The summed E-state index contributed by atoms with van der Waals surface area (Å²) in [7, 11) is 1.63. The van der Waals surface area contributed by atoms with Crippen molar-refractivity contribution in [1.82, 2.24) is 19.9 Å². The van der Waals surface area contributed by atoms with Crippen LogP contribution in [-0.2, 0) is 0 Å². The number of benzene rings is 2. The molecule has 8 heteroatoms. The zero-order valence-corrected chi connectivity index (χ0v) is 16.0. The first-order valence-corrected chi connectivity index (χ1v) is 8.93. The Hall–Kier alpha value is -3.45. The van der Waals surface area contributed by atoms with Crippen molar-refractivity contribution in [3.8, 4) is 5.75 Å². The molecule has 0 unspecified atom stereocenters. The van der Waals surface area contributed by atoms with Gasteiger partial charge in [0.05, 0.1) is 7.11 Å². The van der Waals surface area contributed by atoms with Crippen LogP contribution in [0.4, 0.5) is 23.1 Å². The lowest BCUT2D eigenvalue weighted by Crippen LogP contribution is -2.04. The van der Waals surface area contributed by atoms with E-state index in [9.17, 15) is 0 Å². The van der Waals surface area contributed by atoms with Gasteiger partial charge in [0.1, 0.15) is 5.75 Å². The average molecular weight is 393 g/mol. The fraction of sp³-hybridized carbons (Fsp3) is 0.100. The molecule has 0 aliphatic rings. The molecule has 0 fully saturated rings. The number of nitrogens with one attached hydrogen (secondary N) is 2. The highest BCUT2D eigenvalue weighted by atomic mass is 35.5. The van der Waals surface area contributed by atoms with E-state index in [4.69, 9.17) is 16.3 Å². The number of methoxy groups -OCH3 is 1. The monoisotopic (exact) mass is 392 g/mol. The first-order valence-electron chi connectivity index (χ1n) is 8.55. The Labute approximate surface area is 166 Å². The number of anilines is 4. The average Bonchev–Trinajstić information content (AvgIpc) is 2.71. The number of ether oxygens (including phenoxy) is 1. The molecule has 0 amide bonds. The number of aryl methyl sites for hydroxylation is 1. The van der Waals surface area contributed by atoms with E-state index in [0.717, 1.165) is 22.7 Å². The van der Waals surface area contributed by atoms with Crippen LogP contribution in [0.25, 0.3) is 11.2 Å². The number of hydrogen-bond acceptors (Lipinski definition) is 7. The highest BCUT2D eigenvalue weighted by Crippen LogP contribution is 2.26. The van der Waals surface area contributed by atoms with E-state index < -0.39 is 0 Å². The molecule has 7 nitrogen and oxygen atoms in total. The maximum atomic E-state index is 6.21. The molecule has 0 aliphatic carbocycles. The van der Waals surface area contributed by atoms with Gasteiger partial charge in [-0.2, -0.15) is 9.97 Å². The Balaban J connectivity index is 1.70. The molecule has 2 aromatic heterocycles. The normalized spacial score (nSPS) is 10.7. The van der Waals surface area contributed by atoms with Crippen molar-refractivity contribution >= 4 is 45.9 Å². The first kappa shape index (κ1) is 17.9. The summed E-state index contributed by atoms with van der Waals surface area (Å²) >= 11 is 6.21. The van der Waals surface area contributed by atoms with Crippen molar-refractivity contribution in [2.24, 2.45) is 0 Å². The van der Waals surface area contributed by atoms with Crippen LogP contribution in [0.1, 0.15) is 5.56 Å². The molecule has 0 atom stereocenters. The summed E-state index contributed by atoms with van der Waals surface area (Å²) in [6.45, 7) is 1.95. The molecule has 140 valence electrons. The molecule has 2 N–H and O–H groups in total. The fourth-order valence-corrected chi connectivity index (χ4v) is 2.80. The quantitative estimate of drug-likeness (QED) is 0.500. The number of hydrogen-bond donors (Lipinski definition) is 2. The zero-order chi connectivity index (χ0) is 19.5. The molecule has 0 radical (unpaired) electrons. The lowest BCUT2D eigenvalue weighted by molar-refractivity contribution is 0.415. The molecule has 0 aliphatic heterocycles. The second kappa shape index (κ2) is 7.66. The molecule has 0 bridgehead atoms. The van der Waals surface area contributed by atoms with Gasteiger partial charge in [-0.3, -0.25) is 0 Å². The zero-order valence-electron chi connectivity index (χ0n) is 15.3. The molecule has 2 aromatic carbocycles.